The van der Waals surface area contributed by atoms with E-state index in [2.05, 4.69) is 34.1 Å². The van der Waals surface area contributed by atoms with E-state index in [4.69, 9.17) is 15.2 Å². The van der Waals surface area contributed by atoms with Crippen LogP contribution >= 0.6 is 15.9 Å². The molecule has 0 bridgehead atoms. The van der Waals surface area contributed by atoms with E-state index in [1.54, 1.807) is 45.0 Å². The van der Waals surface area contributed by atoms with Gasteiger partial charge >= 0.3 is 6.09 Å². The summed E-state index contributed by atoms with van der Waals surface area (Å²) in [5.41, 5.74) is 5.04. The van der Waals surface area contributed by atoms with Gasteiger partial charge in [0.2, 0.25) is 0 Å². The number of nitrogens with zero attached hydrogens (tertiary/aromatic N) is 4. The second kappa shape index (κ2) is 8.81. The van der Waals surface area contributed by atoms with E-state index in [9.17, 15) is 20.6 Å². The first-order valence-electron chi connectivity index (χ1n) is 10.3. The molecule has 33 heavy (non-hydrogen) atoms. The number of carbonyl (C=O) groups is 1. The molecule has 2 unspecified atom stereocenters. The van der Waals surface area contributed by atoms with Crippen molar-refractivity contribution in [3.05, 3.63) is 51.2 Å². The van der Waals surface area contributed by atoms with Gasteiger partial charge in [-0.3, -0.25) is 0 Å². The van der Waals surface area contributed by atoms with Crippen molar-refractivity contribution in [2.75, 3.05) is 20.2 Å². The number of amides is 1. The van der Waals surface area contributed by atoms with E-state index in [0.29, 0.717) is 16.9 Å². The van der Waals surface area contributed by atoms with Gasteiger partial charge in [0.25, 0.3) is 0 Å². The van der Waals surface area contributed by atoms with Gasteiger partial charge in [-0.1, -0.05) is 22.0 Å². The number of allylic oxidation sites excluding steroid dienone is 2. The van der Waals surface area contributed by atoms with E-state index < -0.39 is 28.9 Å². The van der Waals surface area contributed by atoms with Crippen LogP contribution in [0, 0.1) is 45.3 Å². The topological polar surface area (TPSA) is 136 Å². The van der Waals surface area contributed by atoms with Crippen LogP contribution in [0.1, 0.15) is 32.3 Å². The molecule has 2 aliphatic rings. The van der Waals surface area contributed by atoms with Gasteiger partial charge in [0, 0.05) is 35.0 Å². The summed E-state index contributed by atoms with van der Waals surface area (Å²) in [6, 6.07) is 11.6. The van der Waals surface area contributed by atoms with Crippen LogP contribution < -0.4 is 10.5 Å². The average molecular weight is 510 g/mol. The molecule has 3 rings (SSSR count). The number of fused-ring (bicyclic) bond motifs is 1. The quantitative estimate of drug-likeness (QED) is 0.632. The molecule has 2 N–H and O–H groups in total. The zero-order valence-electron chi connectivity index (χ0n) is 18.8. The van der Waals surface area contributed by atoms with Crippen LogP contribution in [0.5, 0.6) is 5.75 Å². The zero-order chi connectivity index (χ0) is 24.6. The molecule has 1 aromatic rings. The van der Waals surface area contributed by atoms with Crippen LogP contribution in [0.2, 0.25) is 0 Å². The summed E-state index contributed by atoms with van der Waals surface area (Å²) in [7, 11) is 1.50. The van der Waals surface area contributed by atoms with E-state index >= 15 is 0 Å². The SMILES string of the molecule is COc1ccc(Br)cc1C1C2CN(C(=O)OC(C)(C)C)CC=C2C(C#N)=C(N)C1(C#N)C#N. The Kier molecular flexibility index (Phi) is 6.45. The Bertz CT molecular complexity index is 1160. The zero-order valence-corrected chi connectivity index (χ0v) is 20.4. The van der Waals surface area contributed by atoms with Crippen molar-refractivity contribution >= 4 is 22.0 Å². The number of benzene rings is 1. The lowest BCUT2D eigenvalue weighted by atomic mass is 9.58. The van der Waals surface area contributed by atoms with Gasteiger partial charge in [0.15, 0.2) is 5.41 Å². The van der Waals surface area contributed by atoms with E-state index in [1.807, 2.05) is 0 Å². The first-order valence-corrected chi connectivity index (χ1v) is 11.1. The fourth-order valence-corrected chi connectivity index (χ4v) is 4.83. The van der Waals surface area contributed by atoms with Gasteiger partial charge in [-0.25, -0.2) is 4.79 Å². The van der Waals surface area contributed by atoms with Crippen molar-refractivity contribution in [2.45, 2.75) is 32.3 Å². The highest BCUT2D eigenvalue weighted by atomic mass is 79.9. The molecule has 1 aromatic carbocycles. The molecule has 0 saturated carbocycles. The number of ether oxygens (including phenoxy) is 2. The molecule has 8 nitrogen and oxygen atoms in total. The first-order chi connectivity index (χ1) is 15.5. The molecule has 0 fully saturated rings. The molecule has 170 valence electrons. The monoisotopic (exact) mass is 509 g/mol. The summed E-state index contributed by atoms with van der Waals surface area (Å²) in [5, 5.41) is 30.3. The van der Waals surface area contributed by atoms with Gasteiger partial charge in [0.05, 0.1) is 30.5 Å². The normalized spacial score (nSPS) is 21.6. The Balaban J connectivity index is 2.26. The lowest BCUT2D eigenvalue weighted by Crippen LogP contribution is -2.50. The van der Waals surface area contributed by atoms with Crippen molar-refractivity contribution < 1.29 is 14.3 Å². The summed E-state index contributed by atoms with van der Waals surface area (Å²) in [6.07, 6.45) is 1.23. The van der Waals surface area contributed by atoms with Crippen LogP contribution in [0.4, 0.5) is 4.79 Å². The summed E-state index contributed by atoms with van der Waals surface area (Å²) in [6.45, 7) is 5.69. The maximum absolute atomic E-state index is 12.8. The Labute approximate surface area is 201 Å². The molecule has 0 spiro atoms. The minimum absolute atomic E-state index is 0.0877. The van der Waals surface area contributed by atoms with Gasteiger partial charge < -0.3 is 20.1 Å². The third-order valence-electron chi connectivity index (χ3n) is 5.84. The Morgan fingerprint density at radius 3 is 2.48 bits per heavy atom. The molecular formula is C24H24BrN5O3. The molecular weight excluding hydrogens is 486 g/mol. The Hall–Kier alpha value is -3.48. The highest BCUT2D eigenvalue weighted by Gasteiger charge is 2.55. The second-order valence-corrected chi connectivity index (χ2v) is 9.86. The number of nitriles is 3. The van der Waals surface area contributed by atoms with Crippen LogP contribution in [0.3, 0.4) is 0 Å². The average Bonchev–Trinajstić information content (AvgIpc) is 2.77. The summed E-state index contributed by atoms with van der Waals surface area (Å²) in [4.78, 5) is 14.3. The van der Waals surface area contributed by atoms with Crippen molar-refractivity contribution in [1.82, 2.24) is 4.90 Å². The largest absolute Gasteiger partial charge is 0.496 e. The number of nitrogens with two attached hydrogens (primary N) is 1. The van der Waals surface area contributed by atoms with Crippen LogP contribution in [0.25, 0.3) is 0 Å². The molecule has 9 heteroatoms. The van der Waals surface area contributed by atoms with E-state index in [1.165, 1.54) is 12.0 Å². The molecule has 1 amide bonds. The number of carbonyl (C=O) groups excluding carboxylic acids is 1. The third-order valence-corrected chi connectivity index (χ3v) is 6.34. The van der Waals surface area contributed by atoms with Crippen molar-refractivity contribution in [3.63, 3.8) is 0 Å². The van der Waals surface area contributed by atoms with Crippen LogP contribution in [0.15, 0.2) is 45.6 Å². The third kappa shape index (κ3) is 4.15. The molecule has 1 aliphatic carbocycles. The lowest BCUT2D eigenvalue weighted by Gasteiger charge is -2.45. The number of hydrogen-bond donors (Lipinski definition) is 1. The fourth-order valence-electron chi connectivity index (χ4n) is 4.45. The predicted octanol–water partition coefficient (Wildman–Crippen LogP) is 4.12. The Morgan fingerprint density at radius 1 is 1.27 bits per heavy atom. The van der Waals surface area contributed by atoms with Crippen molar-refractivity contribution in [1.29, 1.82) is 15.8 Å². The van der Waals surface area contributed by atoms with Crippen LogP contribution in [-0.2, 0) is 4.74 Å². The fraction of sp³-hybridized carbons (Fsp3) is 0.417. The van der Waals surface area contributed by atoms with Gasteiger partial charge in [-0.2, -0.15) is 15.8 Å². The first kappa shape index (κ1) is 24.2. The lowest BCUT2D eigenvalue weighted by molar-refractivity contribution is 0.0224. The highest BCUT2D eigenvalue weighted by Crippen LogP contribution is 2.56. The van der Waals surface area contributed by atoms with Crippen molar-refractivity contribution in [2.24, 2.45) is 17.1 Å². The summed E-state index contributed by atoms with van der Waals surface area (Å²) >= 11 is 3.45. The maximum atomic E-state index is 12.8. The smallest absolute Gasteiger partial charge is 0.410 e. The van der Waals surface area contributed by atoms with Crippen LogP contribution in [-0.4, -0.2) is 36.8 Å². The number of hydrogen-bond acceptors (Lipinski definition) is 7. The predicted molar refractivity (Wildman–Crippen MR) is 123 cm³/mol. The standard InChI is InChI=1S/C24H24BrN5O3/c1-23(2,3)33-22(31)30-8-7-15-17(10-26)21(29)24(12-27,13-28)20(18(15)11-30)16-9-14(25)5-6-19(16)32-4/h5-7,9,18,20H,8,11,29H2,1-4H3. The molecule has 0 radical (unpaired) electrons. The molecule has 2 atom stereocenters. The molecule has 1 aliphatic heterocycles. The summed E-state index contributed by atoms with van der Waals surface area (Å²) < 4.78 is 11.8. The number of rotatable bonds is 2. The minimum Gasteiger partial charge on any atom is -0.496 e. The van der Waals surface area contributed by atoms with E-state index in [0.717, 1.165) is 4.47 Å². The number of methoxy groups -OCH3 is 1. The molecule has 1 heterocycles. The van der Waals surface area contributed by atoms with E-state index in [-0.39, 0.29) is 24.4 Å². The van der Waals surface area contributed by atoms with Gasteiger partial charge in [-0.15, -0.1) is 0 Å². The summed E-state index contributed by atoms with van der Waals surface area (Å²) in [5.74, 6) is -0.885. The molecule has 0 aromatic heterocycles. The highest BCUT2D eigenvalue weighted by molar-refractivity contribution is 9.10. The van der Waals surface area contributed by atoms with Gasteiger partial charge in [0.1, 0.15) is 17.4 Å². The Morgan fingerprint density at radius 2 is 1.94 bits per heavy atom. The number of halogens is 1. The second-order valence-electron chi connectivity index (χ2n) is 8.95. The van der Waals surface area contributed by atoms with Crippen molar-refractivity contribution in [3.8, 4) is 24.0 Å². The maximum Gasteiger partial charge on any atom is 0.410 e. The molecule has 0 saturated heterocycles. The minimum atomic E-state index is -1.84. The van der Waals surface area contributed by atoms with Gasteiger partial charge in [-0.05, 0) is 44.5 Å².